The van der Waals surface area contributed by atoms with Crippen molar-refractivity contribution < 1.29 is 19.8 Å². The molecule has 0 amide bonds. The maximum atomic E-state index is 8.70. The first-order chi connectivity index (χ1) is 9.36. The number of hydroxylamine groups is 2. The molecule has 1 aliphatic heterocycles. The first-order valence-corrected chi connectivity index (χ1v) is 7.26. The molecule has 0 radical (unpaired) electrons. The summed E-state index contributed by atoms with van der Waals surface area (Å²) in [6, 6.07) is 0. The van der Waals surface area contributed by atoms with Gasteiger partial charge in [-0.25, -0.2) is 0 Å². The Labute approximate surface area is 115 Å². The van der Waals surface area contributed by atoms with Gasteiger partial charge in [-0.15, -0.1) is 0 Å². The molecule has 0 spiro atoms. The Balaban J connectivity index is 2.06. The minimum atomic E-state index is 0.0927. The summed E-state index contributed by atoms with van der Waals surface area (Å²) < 4.78 is 5.28. The van der Waals surface area contributed by atoms with Crippen LogP contribution in [0.5, 0.6) is 0 Å². The number of hydrogen-bond donors (Lipinski definition) is 2. The Hall–Kier alpha value is -0.240. The highest BCUT2D eigenvalue weighted by atomic mass is 16.7. The number of rotatable bonds is 10. The van der Waals surface area contributed by atoms with Crippen molar-refractivity contribution in [1.82, 2.24) is 9.96 Å². The maximum Gasteiger partial charge on any atom is 0.0698 e. The standard InChI is InChI=1S/C13H28N2O4/c16-9-1-2-11-19-15-5-3-4-14(6-7-15)8-12-18-13-10-17/h16-17H,1-13H2. The molecule has 114 valence electrons. The van der Waals surface area contributed by atoms with E-state index in [0.717, 1.165) is 52.0 Å². The van der Waals surface area contributed by atoms with Gasteiger partial charge in [-0.1, -0.05) is 0 Å². The molecule has 1 aliphatic rings. The predicted molar refractivity (Wildman–Crippen MR) is 72.8 cm³/mol. The van der Waals surface area contributed by atoms with Crippen molar-refractivity contribution >= 4 is 0 Å². The van der Waals surface area contributed by atoms with Gasteiger partial charge in [-0.2, -0.15) is 5.06 Å². The third-order valence-electron chi connectivity index (χ3n) is 3.16. The van der Waals surface area contributed by atoms with Crippen LogP contribution in [0.25, 0.3) is 0 Å². The van der Waals surface area contributed by atoms with Crippen molar-refractivity contribution in [3.8, 4) is 0 Å². The summed E-state index contributed by atoms with van der Waals surface area (Å²) in [5.74, 6) is 0. The van der Waals surface area contributed by atoms with E-state index < -0.39 is 0 Å². The lowest BCUT2D eigenvalue weighted by Gasteiger charge is -2.21. The molecule has 1 rings (SSSR count). The van der Waals surface area contributed by atoms with Crippen molar-refractivity contribution in [2.45, 2.75) is 19.3 Å². The molecule has 1 saturated heterocycles. The molecule has 0 unspecified atom stereocenters. The number of aliphatic hydroxyl groups is 2. The minimum absolute atomic E-state index is 0.0927. The SMILES string of the molecule is OCCCCON1CCCN(CCOCCO)CC1. The van der Waals surface area contributed by atoms with Crippen LogP contribution >= 0.6 is 0 Å². The third-order valence-corrected chi connectivity index (χ3v) is 3.16. The highest BCUT2D eigenvalue weighted by molar-refractivity contribution is 4.65. The summed E-state index contributed by atoms with van der Waals surface area (Å²) in [6.45, 7) is 6.98. The van der Waals surface area contributed by atoms with Crippen molar-refractivity contribution in [1.29, 1.82) is 0 Å². The number of aliphatic hydroxyl groups excluding tert-OH is 2. The van der Waals surface area contributed by atoms with Gasteiger partial charge in [0.1, 0.15) is 0 Å². The molecular formula is C13H28N2O4. The first-order valence-electron chi connectivity index (χ1n) is 7.26. The van der Waals surface area contributed by atoms with Crippen LogP contribution in [-0.4, -0.2) is 85.9 Å². The lowest BCUT2D eigenvalue weighted by molar-refractivity contribution is -0.157. The summed E-state index contributed by atoms with van der Waals surface area (Å²) in [5.41, 5.74) is 0. The molecule has 1 fully saturated rings. The fraction of sp³-hybridized carbons (Fsp3) is 1.00. The van der Waals surface area contributed by atoms with Crippen LogP contribution in [0.4, 0.5) is 0 Å². The maximum absolute atomic E-state index is 8.70. The molecule has 0 aromatic heterocycles. The zero-order valence-corrected chi connectivity index (χ0v) is 11.8. The van der Waals surface area contributed by atoms with Gasteiger partial charge in [-0.05, 0) is 25.8 Å². The molecule has 0 aliphatic carbocycles. The monoisotopic (exact) mass is 276 g/mol. The Morgan fingerprint density at radius 1 is 0.842 bits per heavy atom. The molecular weight excluding hydrogens is 248 g/mol. The van der Waals surface area contributed by atoms with Crippen LogP contribution in [0.2, 0.25) is 0 Å². The fourth-order valence-corrected chi connectivity index (χ4v) is 2.07. The molecule has 0 bridgehead atoms. The van der Waals surface area contributed by atoms with E-state index in [4.69, 9.17) is 19.8 Å². The molecule has 0 aromatic rings. The lowest BCUT2D eigenvalue weighted by Crippen LogP contribution is -2.33. The second-order valence-corrected chi connectivity index (χ2v) is 4.72. The smallest absolute Gasteiger partial charge is 0.0698 e. The zero-order chi connectivity index (χ0) is 13.8. The highest BCUT2D eigenvalue weighted by Crippen LogP contribution is 2.04. The van der Waals surface area contributed by atoms with Crippen molar-refractivity contribution in [3.05, 3.63) is 0 Å². The van der Waals surface area contributed by atoms with Crippen LogP contribution in [-0.2, 0) is 9.57 Å². The van der Waals surface area contributed by atoms with Crippen LogP contribution in [0, 0.1) is 0 Å². The number of hydrogen-bond acceptors (Lipinski definition) is 6. The van der Waals surface area contributed by atoms with Crippen molar-refractivity contribution in [2.24, 2.45) is 0 Å². The topological polar surface area (TPSA) is 65.4 Å². The van der Waals surface area contributed by atoms with E-state index in [1.54, 1.807) is 0 Å². The Morgan fingerprint density at radius 3 is 2.53 bits per heavy atom. The molecule has 2 N–H and O–H groups in total. The third kappa shape index (κ3) is 8.52. The summed E-state index contributed by atoms with van der Waals surface area (Å²) in [7, 11) is 0. The zero-order valence-electron chi connectivity index (χ0n) is 11.8. The molecule has 1 heterocycles. The van der Waals surface area contributed by atoms with Gasteiger partial charge >= 0.3 is 0 Å². The second-order valence-electron chi connectivity index (χ2n) is 4.72. The number of nitrogens with zero attached hydrogens (tertiary/aromatic N) is 2. The van der Waals surface area contributed by atoms with Crippen LogP contribution in [0.3, 0.4) is 0 Å². The fourth-order valence-electron chi connectivity index (χ4n) is 2.07. The first kappa shape index (κ1) is 16.8. The normalized spacial score (nSPS) is 18.6. The van der Waals surface area contributed by atoms with E-state index in [2.05, 4.69) is 4.90 Å². The van der Waals surface area contributed by atoms with E-state index in [9.17, 15) is 0 Å². The predicted octanol–water partition coefficient (Wildman–Crippen LogP) is -0.293. The van der Waals surface area contributed by atoms with E-state index in [1.807, 2.05) is 5.06 Å². The van der Waals surface area contributed by atoms with Gasteiger partial charge in [0.05, 0.1) is 26.4 Å². The van der Waals surface area contributed by atoms with Crippen LogP contribution < -0.4 is 0 Å². The summed E-state index contributed by atoms with van der Waals surface area (Å²) in [5, 5.41) is 19.4. The average Bonchev–Trinajstić information content (AvgIpc) is 2.65. The van der Waals surface area contributed by atoms with Crippen LogP contribution in [0.1, 0.15) is 19.3 Å². The average molecular weight is 276 g/mol. The molecule has 6 heteroatoms. The Morgan fingerprint density at radius 2 is 1.74 bits per heavy atom. The van der Waals surface area contributed by atoms with Crippen molar-refractivity contribution in [2.75, 3.05) is 65.8 Å². The molecule has 0 saturated carbocycles. The minimum Gasteiger partial charge on any atom is -0.396 e. The van der Waals surface area contributed by atoms with E-state index in [0.29, 0.717) is 19.8 Å². The molecule has 19 heavy (non-hydrogen) atoms. The van der Waals surface area contributed by atoms with Gasteiger partial charge in [0, 0.05) is 32.8 Å². The second kappa shape index (κ2) is 11.6. The van der Waals surface area contributed by atoms with Gasteiger partial charge in [0.25, 0.3) is 0 Å². The molecule has 0 atom stereocenters. The summed E-state index contributed by atoms with van der Waals surface area (Å²) >= 11 is 0. The van der Waals surface area contributed by atoms with Gasteiger partial charge in [-0.3, -0.25) is 9.74 Å². The van der Waals surface area contributed by atoms with Crippen molar-refractivity contribution in [3.63, 3.8) is 0 Å². The van der Waals surface area contributed by atoms with Crippen LogP contribution in [0.15, 0.2) is 0 Å². The Kier molecular flexibility index (Phi) is 10.2. The van der Waals surface area contributed by atoms with E-state index in [-0.39, 0.29) is 13.2 Å². The summed E-state index contributed by atoms with van der Waals surface area (Å²) in [4.78, 5) is 8.06. The van der Waals surface area contributed by atoms with E-state index in [1.165, 1.54) is 0 Å². The quantitative estimate of drug-likeness (QED) is 0.535. The largest absolute Gasteiger partial charge is 0.396 e. The van der Waals surface area contributed by atoms with Gasteiger partial charge in [0.2, 0.25) is 0 Å². The molecule has 6 nitrogen and oxygen atoms in total. The van der Waals surface area contributed by atoms with E-state index >= 15 is 0 Å². The molecule has 0 aromatic carbocycles. The van der Waals surface area contributed by atoms with Gasteiger partial charge < -0.3 is 14.9 Å². The number of unbranched alkanes of at least 4 members (excludes halogenated alkanes) is 1. The number of ether oxygens (including phenoxy) is 1. The highest BCUT2D eigenvalue weighted by Gasteiger charge is 2.14. The van der Waals surface area contributed by atoms with Gasteiger partial charge in [0.15, 0.2) is 0 Å². The lowest BCUT2D eigenvalue weighted by atomic mass is 10.3. The Bertz CT molecular complexity index is 187. The summed E-state index contributed by atoms with van der Waals surface area (Å²) in [6.07, 6.45) is 2.81.